The number of ether oxygens (including phenoxy) is 2. The van der Waals surface area contributed by atoms with Crippen LogP contribution in [0.2, 0.25) is 0 Å². The van der Waals surface area contributed by atoms with Gasteiger partial charge in [0.2, 0.25) is 15.9 Å². The average molecular weight is 419 g/mol. The lowest BCUT2D eigenvalue weighted by atomic mass is 10.0. The van der Waals surface area contributed by atoms with Crippen molar-refractivity contribution in [1.82, 2.24) is 9.62 Å². The molecule has 7 nitrogen and oxygen atoms in total. The van der Waals surface area contributed by atoms with Gasteiger partial charge in [0.15, 0.2) is 11.5 Å². The highest BCUT2D eigenvalue weighted by atomic mass is 32.2. The normalized spacial score (nSPS) is 18.2. The van der Waals surface area contributed by atoms with E-state index in [0.29, 0.717) is 17.1 Å². The Hall–Kier alpha value is -2.58. The second-order valence-electron chi connectivity index (χ2n) is 7.23. The zero-order valence-corrected chi connectivity index (χ0v) is 17.8. The molecule has 8 heteroatoms. The van der Waals surface area contributed by atoms with E-state index in [9.17, 15) is 13.2 Å². The van der Waals surface area contributed by atoms with Crippen LogP contribution in [0.5, 0.6) is 11.5 Å². The van der Waals surface area contributed by atoms with Crippen LogP contribution in [0.1, 0.15) is 25.0 Å². The van der Waals surface area contributed by atoms with Crippen molar-refractivity contribution in [3.05, 3.63) is 53.6 Å². The molecule has 156 valence electrons. The number of rotatable bonds is 6. The monoisotopic (exact) mass is 418 g/mol. The number of nitrogens with one attached hydrogen (secondary N) is 1. The first-order chi connectivity index (χ1) is 13.8. The van der Waals surface area contributed by atoms with Gasteiger partial charge < -0.3 is 14.8 Å². The second-order valence-corrected chi connectivity index (χ2v) is 9.09. The SMILES string of the molecule is COc1cc2c(cc1OC)S(=O)(=O)N(Cc1ccccc1)C(C(=O)NC(C)C)C2. The van der Waals surface area contributed by atoms with Gasteiger partial charge in [-0.3, -0.25) is 4.79 Å². The summed E-state index contributed by atoms with van der Waals surface area (Å²) in [6, 6.07) is 11.4. The second kappa shape index (κ2) is 8.42. The smallest absolute Gasteiger partial charge is 0.244 e. The fraction of sp³-hybridized carbons (Fsp3) is 0.381. The maximum Gasteiger partial charge on any atom is 0.244 e. The first-order valence-electron chi connectivity index (χ1n) is 9.39. The van der Waals surface area contributed by atoms with Gasteiger partial charge in [0, 0.05) is 18.7 Å². The van der Waals surface area contributed by atoms with Crippen LogP contribution in [0, 0.1) is 0 Å². The van der Waals surface area contributed by atoms with Crippen LogP contribution < -0.4 is 14.8 Å². The molecule has 1 heterocycles. The Bertz CT molecular complexity index is 990. The summed E-state index contributed by atoms with van der Waals surface area (Å²) < 4.78 is 38.9. The molecular weight excluding hydrogens is 392 g/mol. The molecule has 1 N–H and O–H groups in total. The Labute approximate surface area is 171 Å². The molecule has 0 aromatic heterocycles. The van der Waals surface area contributed by atoms with Gasteiger partial charge in [0.05, 0.1) is 19.1 Å². The van der Waals surface area contributed by atoms with E-state index in [1.807, 2.05) is 44.2 Å². The third-order valence-electron chi connectivity index (χ3n) is 4.83. The standard InChI is InChI=1S/C21H26N2O5S/c1-14(2)22-21(24)17-10-16-11-18(27-3)19(28-4)12-20(16)29(25,26)23(17)13-15-8-6-5-7-9-15/h5-9,11-12,14,17H,10,13H2,1-4H3,(H,22,24). The van der Waals surface area contributed by atoms with Crippen molar-refractivity contribution in [2.45, 2.75) is 43.8 Å². The Morgan fingerprint density at radius 1 is 1.14 bits per heavy atom. The lowest BCUT2D eigenvalue weighted by Crippen LogP contribution is -2.53. The number of fused-ring (bicyclic) bond motifs is 1. The molecule has 2 aromatic rings. The fourth-order valence-electron chi connectivity index (χ4n) is 3.47. The number of methoxy groups -OCH3 is 2. The van der Waals surface area contributed by atoms with Crippen LogP contribution in [-0.2, 0) is 27.8 Å². The van der Waals surface area contributed by atoms with Gasteiger partial charge in [-0.2, -0.15) is 4.31 Å². The Kier molecular flexibility index (Phi) is 6.14. The van der Waals surface area contributed by atoms with Crippen LogP contribution in [0.3, 0.4) is 0 Å². The van der Waals surface area contributed by atoms with Crippen molar-refractivity contribution in [2.24, 2.45) is 0 Å². The summed E-state index contributed by atoms with van der Waals surface area (Å²) in [6.45, 7) is 3.80. The highest BCUT2D eigenvalue weighted by Gasteiger charge is 2.42. The molecule has 1 aliphatic rings. The summed E-state index contributed by atoms with van der Waals surface area (Å²) in [5.41, 5.74) is 1.35. The fourth-order valence-corrected chi connectivity index (χ4v) is 5.28. The minimum Gasteiger partial charge on any atom is -0.493 e. The topological polar surface area (TPSA) is 84.9 Å². The summed E-state index contributed by atoms with van der Waals surface area (Å²) in [7, 11) is -0.981. The van der Waals surface area contributed by atoms with E-state index < -0.39 is 16.1 Å². The molecule has 1 amide bonds. The van der Waals surface area contributed by atoms with Gasteiger partial charge in [-0.05, 0) is 37.5 Å². The van der Waals surface area contributed by atoms with Crippen LogP contribution >= 0.6 is 0 Å². The molecular formula is C21H26N2O5S. The first kappa shape index (κ1) is 21.1. The van der Waals surface area contributed by atoms with Crippen LogP contribution in [0.4, 0.5) is 0 Å². The predicted octanol–water partition coefficient (Wildman–Crippen LogP) is 2.34. The molecule has 0 fully saturated rings. The number of amides is 1. The van der Waals surface area contributed by atoms with E-state index in [1.165, 1.54) is 24.6 Å². The molecule has 3 rings (SSSR count). The van der Waals surface area contributed by atoms with Gasteiger partial charge in [-0.25, -0.2) is 8.42 Å². The number of sulfonamides is 1. The van der Waals surface area contributed by atoms with E-state index in [0.717, 1.165) is 5.56 Å². The number of benzene rings is 2. The first-order valence-corrected chi connectivity index (χ1v) is 10.8. The van der Waals surface area contributed by atoms with E-state index >= 15 is 0 Å². The Morgan fingerprint density at radius 3 is 2.34 bits per heavy atom. The Balaban J connectivity index is 2.11. The predicted molar refractivity (Wildman–Crippen MR) is 109 cm³/mol. The molecule has 29 heavy (non-hydrogen) atoms. The number of nitrogens with zero attached hydrogens (tertiary/aromatic N) is 1. The van der Waals surface area contributed by atoms with Gasteiger partial charge >= 0.3 is 0 Å². The third kappa shape index (κ3) is 4.23. The van der Waals surface area contributed by atoms with Crippen LogP contribution in [-0.4, -0.2) is 44.9 Å². The van der Waals surface area contributed by atoms with Crippen molar-refractivity contribution >= 4 is 15.9 Å². The quantitative estimate of drug-likeness (QED) is 0.778. The highest BCUT2D eigenvalue weighted by Crippen LogP contribution is 2.39. The zero-order chi connectivity index (χ0) is 21.2. The van der Waals surface area contributed by atoms with E-state index in [-0.39, 0.29) is 29.8 Å². The van der Waals surface area contributed by atoms with Crippen LogP contribution in [0.25, 0.3) is 0 Å². The number of hydrogen-bond acceptors (Lipinski definition) is 5. The summed E-state index contributed by atoms with van der Waals surface area (Å²) in [5, 5.41) is 2.85. The minimum absolute atomic E-state index is 0.101. The van der Waals surface area contributed by atoms with Crippen molar-refractivity contribution in [3.63, 3.8) is 0 Å². The lowest BCUT2D eigenvalue weighted by molar-refractivity contribution is -0.125. The third-order valence-corrected chi connectivity index (χ3v) is 6.77. The maximum atomic E-state index is 13.5. The number of carbonyl (C=O) groups excluding carboxylic acids is 1. The maximum absolute atomic E-state index is 13.5. The molecule has 0 saturated carbocycles. The summed E-state index contributed by atoms with van der Waals surface area (Å²) in [4.78, 5) is 13.0. The minimum atomic E-state index is -3.93. The van der Waals surface area contributed by atoms with Crippen molar-refractivity contribution in [3.8, 4) is 11.5 Å². The van der Waals surface area contributed by atoms with Crippen molar-refractivity contribution < 1.29 is 22.7 Å². The van der Waals surface area contributed by atoms with Gasteiger partial charge in [-0.1, -0.05) is 30.3 Å². The molecule has 2 aromatic carbocycles. The molecule has 1 atom stereocenters. The van der Waals surface area contributed by atoms with Crippen molar-refractivity contribution in [1.29, 1.82) is 0 Å². The molecule has 0 spiro atoms. The summed E-state index contributed by atoms with van der Waals surface area (Å²) in [5.74, 6) is 0.445. The summed E-state index contributed by atoms with van der Waals surface area (Å²) >= 11 is 0. The number of carbonyl (C=O) groups is 1. The van der Waals surface area contributed by atoms with Gasteiger partial charge in [-0.15, -0.1) is 0 Å². The molecule has 0 bridgehead atoms. The lowest BCUT2D eigenvalue weighted by Gasteiger charge is -2.35. The molecule has 1 aliphatic heterocycles. The molecule has 1 unspecified atom stereocenters. The molecule has 0 radical (unpaired) electrons. The van der Waals surface area contributed by atoms with E-state index in [2.05, 4.69) is 5.32 Å². The van der Waals surface area contributed by atoms with Crippen molar-refractivity contribution in [2.75, 3.05) is 14.2 Å². The summed E-state index contributed by atoms with van der Waals surface area (Å²) in [6.07, 6.45) is 0.250. The van der Waals surface area contributed by atoms with E-state index in [4.69, 9.17) is 9.47 Å². The average Bonchev–Trinajstić information content (AvgIpc) is 2.69. The zero-order valence-electron chi connectivity index (χ0n) is 17.0. The van der Waals surface area contributed by atoms with Gasteiger partial charge in [0.25, 0.3) is 0 Å². The molecule has 0 aliphatic carbocycles. The Morgan fingerprint density at radius 2 is 1.76 bits per heavy atom. The van der Waals surface area contributed by atoms with Gasteiger partial charge in [0.1, 0.15) is 6.04 Å². The molecule has 0 saturated heterocycles. The number of hydrogen-bond donors (Lipinski definition) is 1. The highest BCUT2D eigenvalue weighted by molar-refractivity contribution is 7.89. The largest absolute Gasteiger partial charge is 0.493 e. The van der Waals surface area contributed by atoms with Crippen LogP contribution in [0.15, 0.2) is 47.4 Å². The van der Waals surface area contributed by atoms with E-state index in [1.54, 1.807) is 6.07 Å².